The topological polar surface area (TPSA) is 25.3 Å². The van der Waals surface area contributed by atoms with Crippen LogP contribution in [0.15, 0.2) is 47.5 Å². The first kappa shape index (κ1) is 105. The van der Waals surface area contributed by atoms with Crippen LogP contribution in [0.1, 0.15) is 590 Å². The molecule has 650 valence electrons. The molecule has 0 N–H and O–H groups in total. The smallest absolute Gasteiger partial charge is 0.493 e. The standard InChI is InChI=1S/C48H76N2.2C30H61.Pd/c1-7-13-19-21-23-25-29-41-34-42(30-26-24-22-20-14-8-2)38-44(37-41)48-46(32-18-12-6)45(31-17-11-5)47(50(48)49)43-35-39(27-15-9-3)33-40(36-43)28-16-10-4;2*1-3-5-7-9-11-13-15-17-19-21-23-25-27-29-30-28-26-24-22-20-18-16-14-12-10-8-6-4-2;/h33-38H,7-32H2,1-6H3;2*1,3-30H2,2H3;. The number of aryl methyl sites for hydroxylation is 4. The Balaban J connectivity index is 0.000000766. The van der Waals surface area contributed by atoms with Crippen molar-refractivity contribution in [1.29, 1.82) is 0 Å². The van der Waals surface area contributed by atoms with E-state index in [4.69, 9.17) is 0 Å². The van der Waals surface area contributed by atoms with E-state index < -0.39 is 0 Å². The van der Waals surface area contributed by atoms with Gasteiger partial charge in [-0.15, -0.1) is 0 Å². The molecule has 0 radical (unpaired) electrons. The summed E-state index contributed by atoms with van der Waals surface area (Å²) in [6, 6.07) is 14.7. The van der Waals surface area contributed by atoms with Gasteiger partial charge in [-0.1, -0.05) is 376 Å². The van der Waals surface area contributed by atoms with Crippen LogP contribution in [-0.2, 0) is 43.7 Å². The Bertz CT molecular complexity index is 2240. The summed E-state index contributed by atoms with van der Waals surface area (Å²) < 4.78 is 1.66. The Hall–Kier alpha value is -1.82. The fourth-order valence-electron chi connectivity index (χ4n) is 17.6. The van der Waals surface area contributed by atoms with Crippen LogP contribution in [0.2, 0.25) is 9.79 Å². The Kier molecular flexibility index (Phi) is 78.9. The van der Waals surface area contributed by atoms with E-state index in [2.05, 4.69) is 91.8 Å². The molecule has 3 heteroatoms. The summed E-state index contributed by atoms with van der Waals surface area (Å²) in [5.41, 5.74) is 25.7. The van der Waals surface area contributed by atoms with Gasteiger partial charge in [-0.25, -0.2) is 4.70 Å². The molecule has 1 aliphatic heterocycles. The average molecular weight is 1630 g/mol. The molecule has 0 amide bonds. The molecule has 0 unspecified atom stereocenters. The Labute approximate surface area is 707 Å². The fourth-order valence-corrected chi connectivity index (χ4v) is 19.5. The van der Waals surface area contributed by atoms with Crippen molar-refractivity contribution in [2.24, 2.45) is 0 Å². The Morgan fingerprint density at radius 2 is 0.333 bits per heavy atom. The van der Waals surface area contributed by atoms with E-state index in [1.807, 2.05) is 0 Å². The van der Waals surface area contributed by atoms with Gasteiger partial charge < -0.3 is 5.53 Å². The molecule has 0 spiro atoms. The van der Waals surface area contributed by atoms with Gasteiger partial charge in [-0.05, 0) is 124 Å². The van der Waals surface area contributed by atoms with Crippen molar-refractivity contribution in [3.8, 4) is 0 Å². The van der Waals surface area contributed by atoms with Crippen LogP contribution in [-0.4, -0.2) is 4.70 Å². The summed E-state index contributed by atoms with van der Waals surface area (Å²) in [4.78, 5) is 3.10. The first-order valence-corrected chi connectivity index (χ1v) is 53.8. The monoisotopic (exact) mass is 1630 g/mol. The van der Waals surface area contributed by atoms with Gasteiger partial charge in [0.1, 0.15) is 0 Å². The average Bonchev–Trinajstić information content (AvgIpc) is 1.60. The molecule has 111 heavy (non-hydrogen) atoms. The van der Waals surface area contributed by atoms with Crippen molar-refractivity contribution in [2.75, 3.05) is 0 Å². The first-order valence-electron chi connectivity index (χ1n) is 51.6. The molecule has 0 aromatic heterocycles. The van der Waals surface area contributed by atoms with E-state index in [0.717, 1.165) is 93.6 Å². The van der Waals surface area contributed by atoms with Gasteiger partial charge in [0.2, 0.25) is 11.4 Å². The maximum absolute atomic E-state index is 12.5. The van der Waals surface area contributed by atoms with Crippen LogP contribution in [0.5, 0.6) is 0 Å². The molecule has 0 saturated heterocycles. The summed E-state index contributed by atoms with van der Waals surface area (Å²) in [6.45, 7) is 18.4. The van der Waals surface area contributed by atoms with Crippen molar-refractivity contribution in [3.63, 3.8) is 0 Å². The molecule has 2 nitrogen and oxygen atoms in total. The second kappa shape index (κ2) is 83.3. The van der Waals surface area contributed by atoms with Gasteiger partial charge in [0.05, 0.1) is 0 Å². The minimum atomic E-state index is 1.02. The SMILES string of the molecule is CCCCCCCCCCCCCCCCCCCCCCCCCCCCC[CH2][Pd][CH2]CCCCCCCCCCCCCCCCCCCCCCCCCCCCC.CCCCCCCCc1cc(CCCCCCCC)cc(C2=C(CCCC)C(CCCC)=C(c3cc(CCCC)cc(CCCC)c3)[N+]2=[N-])c1. The zero-order valence-corrected chi connectivity index (χ0v) is 78.6. The van der Waals surface area contributed by atoms with Crippen molar-refractivity contribution in [2.45, 2.75) is 592 Å². The van der Waals surface area contributed by atoms with Gasteiger partial charge in [0.25, 0.3) is 0 Å². The number of allylic oxidation sites excluding steroid dienone is 2. The molecule has 0 bridgehead atoms. The third-order valence-corrected chi connectivity index (χ3v) is 27.2. The second-order valence-electron chi connectivity index (χ2n) is 36.1. The number of nitrogens with zero attached hydrogens (tertiary/aromatic N) is 2. The van der Waals surface area contributed by atoms with Crippen LogP contribution in [0.25, 0.3) is 16.9 Å². The van der Waals surface area contributed by atoms with Crippen molar-refractivity contribution < 1.29 is 22.7 Å². The maximum atomic E-state index is 12.5. The van der Waals surface area contributed by atoms with E-state index in [9.17, 15) is 5.53 Å². The summed E-state index contributed by atoms with van der Waals surface area (Å²) in [6.07, 6.45) is 115. The number of rotatable bonds is 86. The quantitative estimate of drug-likeness (QED) is 0.0358. The van der Waals surface area contributed by atoms with Crippen LogP contribution < -0.4 is 0 Å². The molecule has 0 aliphatic carbocycles. The molecule has 0 fully saturated rings. The van der Waals surface area contributed by atoms with Gasteiger partial charge in [-0.3, -0.25) is 0 Å². The Morgan fingerprint density at radius 1 is 0.180 bits per heavy atom. The fraction of sp³-hybridized carbons (Fsp3) is 0.852. The van der Waals surface area contributed by atoms with Crippen LogP contribution >= 0.6 is 0 Å². The number of hydrogen-bond donors (Lipinski definition) is 0. The minimum absolute atomic E-state index is 1.02. The predicted molar refractivity (Wildman–Crippen MR) is 500 cm³/mol. The normalized spacial score (nSPS) is 12.5. The molecular formula is C108H198N2Pd. The van der Waals surface area contributed by atoms with E-state index in [0.29, 0.717) is 0 Å². The predicted octanol–water partition coefficient (Wildman–Crippen LogP) is 39.5. The zero-order chi connectivity index (χ0) is 79.7. The third-order valence-electron chi connectivity index (χ3n) is 25.0. The molecule has 2 aromatic carbocycles. The molecule has 1 heterocycles. The second-order valence-corrected chi connectivity index (χ2v) is 38.4. The number of hydrogen-bond acceptors (Lipinski definition) is 0. The van der Waals surface area contributed by atoms with Crippen molar-refractivity contribution >= 4 is 11.4 Å². The zero-order valence-electron chi connectivity index (χ0n) is 77.1. The number of unbranched alkanes of at least 4 members (excludes halogenated alkanes) is 68. The number of benzene rings is 2. The molecule has 2 aromatic rings. The van der Waals surface area contributed by atoms with E-state index in [-0.39, 0.29) is 0 Å². The van der Waals surface area contributed by atoms with Gasteiger partial charge in [0.15, 0.2) is 0 Å². The molecule has 1 aliphatic rings. The van der Waals surface area contributed by atoms with Crippen LogP contribution in [0.3, 0.4) is 0 Å². The van der Waals surface area contributed by atoms with Crippen molar-refractivity contribution in [3.05, 3.63) is 86.5 Å². The van der Waals surface area contributed by atoms with E-state index in [1.54, 1.807) is 14.5 Å². The first-order chi connectivity index (χ1) is 54.9. The van der Waals surface area contributed by atoms with Crippen LogP contribution in [0.4, 0.5) is 0 Å². The summed E-state index contributed by atoms with van der Waals surface area (Å²) in [7, 11) is 0. The van der Waals surface area contributed by atoms with Crippen LogP contribution in [0, 0.1) is 0 Å². The van der Waals surface area contributed by atoms with Gasteiger partial charge >= 0.3 is 169 Å². The minimum Gasteiger partial charge on any atom is -0.493 e. The molecule has 0 atom stereocenters. The summed E-state index contributed by atoms with van der Waals surface area (Å²) in [5, 5.41) is 0. The molecule has 0 saturated carbocycles. The molecule has 3 rings (SSSR count). The van der Waals surface area contributed by atoms with Gasteiger partial charge in [-0.2, -0.15) is 0 Å². The van der Waals surface area contributed by atoms with E-state index in [1.165, 1.54) is 507 Å². The summed E-state index contributed by atoms with van der Waals surface area (Å²) in [5.74, 6) is 0. The van der Waals surface area contributed by atoms with E-state index >= 15 is 0 Å². The molecular weight excluding hydrogens is 1430 g/mol. The van der Waals surface area contributed by atoms with Gasteiger partial charge in [0, 0.05) is 22.3 Å². The van der Waals surface area contributed by atoms with Crippen molar-refractivity contribution in [1.82, 2.24) is 0 Å². The third kappa shape index (κ3) is 62.1. The summed E-state index contributed by atoms with van der Waals surface area (Å²) >= 11 is 1.05. The Morgan fingerprint density at radius 3 is 0.523 bits per heavy atom.